The second kappa shape index (κ2) is 6.47. The number of amides is 1. The maximum absolute atomic E-state index is 13.2. The number of rotatable bonds is 4. The van der Waals surface area contributed by atoms with Crippen LogP contribution in [0.25, 0.3) is 11.3 Å². The van der Waals surface area contributed by atoms with Gasteiger partial charge in [0.15, 0.2) is 28.9 Å². The van der Waals surface area contributed by atoms with Crippen molar-refractivity contribution in [3.8, 4) is 22.8 Å². The third-order valence-corrected chi connectivity index (χ3v) is 3.83. The molecule has 0 radical (unpaired) electrons. The van der Waals surface area contributed by atoms with Gasteiger partial charge in [-0.1, -0.05) is 5.16 Å². The molecule has 0 saturated carbocycles. The third-order valence-electron chi connectivity index (χ3n) is 3.83. The zero-order valence-electron chi connectivity index (χ0n) is 13.3. The summed E-state index contributed by atoms with van der Waals surface area (Å²) in [6.07, 6.45) is 0. The Labute approximate surface area is 146 Å². The topological polar surface area (TPSA) is 73.6 Å². The van der Waals surface area contributed by atoms with Gasteiger partial charge in [0.2, 0.25) is 6.79 Å². The van der Waals surface area contributed by atoms with Gasteiger partial charge in [-0.15, -0.1) is 0 Å². The normalized spacial score (nSPS) is 12.2. The zero-order chi connectivity index (χ0) is 18.1. The van der Waals surface area contributed by atoms with Crippen molar-refractivity contribution in [3.63, 3.8) is 0 Å². The molecule has 1 aromatic heterocycles. The van der Waals surface area contributed by atoms with Gasteiger partial charge in [0, 0.05) is 17.2 Å². The number of ether oxygens (including phenoxy) is 2. The van der Waals surface area contributed by atoms with Gasteiger partial charge in [-0.3, -0.25) is 4.79 Å². The van der Waals surface area contributed by atoms with Crippen LogP contribution in [0.1, 0.15) is 16.1 Å². The molecule has 0 spiro atoms. The van der Waals surface area contributed by atoms with Crippen molar-refractivity contribution in [3.05, 3.63) is 65.4 Å². The Balaban J connectivity index is 1.43. The number of aromatic nitrogens is 1. The predicted molar refractivity (Wildman–Crippen MR) is 85.6 cm³/mol. The highest BCUT2D eigenvalue weighted by Gasteiger charge is 2.16. The molecule has 132 valence electrons. The third kappa shape index (κ3) is 3.08. The average molecular weight is 358 g/mol. The van der Waals surface area contributed by atoms with Crippen LogP contribution in [-0.4, -0.2) is 17.9 Å². The van der Waals surface area contributed by atoms with Crippen LogP contribution in [0.2, 0.25) is 0 Å². The highest BCUT2D eigenvalue weighted by Crippen LogP contribution is 2.35. The lowest BCUT2D eigenvalue weighted by atomic mass is 10.1. The van der Waals surface area contributed by atoms with Crippen LogP contribution < -0.4 is 14.8 Å². The number of hydrogen-bond donors (Lipinski definition) is 1. The Bertz CT molecular complexity index is 987. The lowest BCUT2D eigenvalue weighted by Gasteiger charge is -2.03. The van der Waals surface area contributed by atoms with E-state index in [1.807, 2.05) is 0 Å². The molecule has 2 aromatic carbocycles. The van der Waals surface area contributed by atoms with E-state index in [4.69, 9.17) is 14.0 Å². The summed E-state index contributed by atoms with van der Waals surface area (Å²) in [5, 5.41) is 6.46. The maximum Gasteiger partial charge on any atom is 0.251 e. The Kier molecular flexibility index (Phi) is 4.00. The van der Waals surface area contributed by atoms with Gasteiger partial charge in [-0.25, -0.2) is 8.78 Å². The minimum Gasteiger partial charge on any atom is -0.454 e. The van der Waals surface area contributed by atoms with E-state index < -0.39 is 17.5 Å². The summed E-state index contributed by atoms with van der Waals surface area (Å²) >= 11 is 0. The number of halogens is 2. The molecule has 8 heteroatoms. The number of hydrogen-bond acceptors (Lipinski definition) is 5. The van der Waals surface area contributed by atoms with Crippen molar-refractivity contribution < 1.29 is 27.6 Å². The van der Waals surface area contributed by atoms with Gasteiger partial charge < -0.3 is 19.3 Å². The van der Waals surface area contributed by atoms with Crippen LogP contribution in [0.5, 0.6) is 11.5 Å². The van der Waals surface area contributed by atoms with Gasteiger partial charge in [0.25, 0.3) is 5.91 Å². The SMILES string of the molecule is O=C(NCc1cc(-c2ccc3c(c2)OCO3)on1)c1ccc(F)c(F)c1. The first-order valence-electron chi connectivity index (χ1n) is 7.69. The second-order valence-corrected chi connectivity index (χ2v) is 5.56. The van der Waals surface area contributed by atoms with Crippen molar-refractivity contribution in [2.75, 3.05) is 6.79 Å². The molecule has 1 amide bonds. The van der Waals surface area contributed by atoms with Gasteiger partial charge in [-0.2, -0.15) is 0 Å². The molecule has 3 aromatic rings. The number of benzene rings is 2. The Morgan fingerprint density at radius 3 is 2.73 bits per heavy atom. The molecule has 6 nitrogen and oxygen atoms in total. The Morgan fingerprint density at radius 2 is 1.88 bits per heavy atom. The van der Waals surface area contributed by atoms with Crippen LogP contribution in [0.4, 0.5) is 8.78 Å². The fourth-order valence-electron chi connectivity index (χ4n) is 2.49. The van der Waals surface area contributed by atoms with Crippen molar-refractivity contribution in [1.29, 1.82) is 0 Å². The van der Waals surface area contributed by atoms with Crippen molar-refractivity contribution in [1.82, 2.24) is 10.5 Å². The molecule has 1 N–H and O–H groups in total. The second-order valence-electron chi connectivity index (χ2n) is 5.56. The highest BCUT2D eigenvalue weighted by molar-refractivity contribution is 5.94. The van der Waals surface area contributed by atoms with Crippen LogP contribution in [-0.2, 0) is 6.54 Å². The van der Waals surface area contributed by atoms with Gasteiger partial charge in [-0.05, 0) is 36.4 Å². The first kappa shape index (κ1) is 16.1. The van der Waals surface area contributed by atoms with Gasteiger partial charge in [0.05, 0.1) is 6.54 Å². The number of carbonyl (C=O) groups is 1. The molecule has 0 unspecified atom stereocenters. The van der Waals surface area contributed by atoms with Crippen LogP contribution in [0.3, 0.4) is 0 Å². The fraction of sp³-hybridized carbons (Fsp3) is 0.111. The summed E-state index contributed by atoms with van der Waals surface area (Å²) in [5.41, 5.74) is 1.25. The summed E-state index contributed by atoms with van der Waals surface area (Å²) in [6, 6.07) is 9.95. The highest BCUT2D eigenvalue weighted by atomic mass is 19.2. The molecule has 0 saturated heterocycles. The summed E-state index contributed by atoms with van der Waals surface area (Å²) < 4.78 is 41.9. The van der Waals surface area contributed by atoms with E-state index in [0.29, 0.717) is 23.0 Å². The van der Waals surface area contributed by atoms with Crippen molar-refractivity contribution in [2.45, 2.75) is 6.54 Å². The number of carbonyl (C=O) groups excluding carboxylic acids is 1. The van der Waals surface area contributed by atoms with E-state index >= 15 is 0 Å². The first-order chi connectivity index (χ1) is 12.6. The van der Waals surface area contributed by atoms with Crippen molar-refractivity contribution >= 4 is 5.91 Å². The molecule has 0 atom stereocenters. The van der Waals surface area contributed by atoms with Crippen LogP contribution in [0, 0.1) is 11.6 Å². The summed E-state index contributed by atoms with van der Waals surface area (Å²) in [4.78, 5) is 12.0. The van der Waals surface area contributed by atoms with E-state index in [-0.39, 0.29) is 18.9 Å². The fourth-order valence-corrected chi connectivity index (χ4v) is 2.49. The summed E-state index contributed by atoms with van der Waals surface area (Å²) in [6.45, 7) is 0.252. The van der Waals surface area contributed by atoms with E-state index in [1.54, 1.807) is 24.3 Å². The molecular formula is C18H12F2N2O4. The lowest BCUT2D eigenvalue weighted by Crippen LogP contribution is -2.23. The quantitative estimate of drug-likeness (QED) is 0.775. The van der Waals surface area contributed by atoms with Gasteiger partial charge in [0.1, 0.15) is 5.69 Å². The molecule has 2 heterocycles. The Morgan fingerprint density at radius 1 is 1.04 bits per heavy atom. The molecule has 1 aliphatic heterocycles. The minimum atomic E-state index is -1.08. The standard InChI is InChI=1S/C18H12F2N2O4/c19-13-3-1-11(5-14(13)20)18(23)21-8-12-7-16(26-22-12)10-2-4-15-17(6-10)25-9-24-15/h1-7H,8-9H2,(H,21,23). The van der Waals surface area contributed by atoms with E-state index in [2.05, 4.69) is 10.5 Å². The monoisotopic (exact) mass is 358 g/mol. The van der Waals surface area contributed by atoms with E-state index in [0.717, 1.165) is 17.7 Å². The first-order valence-corrected chi connectivity index (χ1v) is 7.69. The largest absolute Gasteiger partial charge is 0.454 e. The maximum atomic E-state index is 13.2. The smallest absolute Gasteiger partial charge is 0.251 e. The van der Waals surface area contributed by atoms with Crippen molar-refractivity contribution in [2.24, 2.45) is 0 Å². The average Bonchev–Trinajstić information content (AvgIpc) is 3.30. The number of fused-ring (bicyclic) bond motifs is 1. The summed E-state index contributed by atoms with van der Waals surface area (Å²) in [5.74, 6) is -0.855. The van der Waals surface area contributed by atoms with E-state index in [9.17, 15) is 13.6 Å². The molecular weight excluding hydrogens is 346 g/mol. The number of nitrogens with zero attached hydrogens (tertiary/aromatic N) is 1. The minimum absolute atomic E-state index is 0.0170. The molecule has 1 aliphatic rings. The summed E-state index contributed by atoms with van der Waals surface area (Å²) in [7, 11) is 0. The zero-order valence-corrected chi connectivity index (χ0v) is 13.3. The number of nitrogens with one attached hydrogen (secondary N) is 1. The van der Waals surface area contributed by atoms with Crippen LogP contribution in [0.15, 0.2) is 47.0 Å². The predicted octanol–water partition coefficient (Wildman–Crippen LogP) is 3.28. The molecule has 26 heavy (non-hydrogen) atoms. The molecule has 0 fully saturated rings. The Hall–Kier alpha value is -3.42. The lowest BCUT2D eigenvalue weighted by molar-refractivity contribution is 0.0949. The molecule has 0 bridgehead atoms. The molecule has 4 rings (SSSR count). The van der Waals surface area contributed by atoms with E-state index in [1.165, 1.54) is 6.07 Å². The van der Waals surface area contributed by atoms with Gasteiger partial charge >= 0.3 is 0 Å². The molecule has 0 aliphatic carbocycles. The van der Waals surface area contributed by atoms with Crippen LogP contribution >= 0.6 is 0 Å².